The maximum atomic E-state index is 3.10. The van der Waals surface area contributed by atoms with E-state index in [0.717, 1.165) is 18.4 Å². The first-order valence-electron chi connectivity index (χ1n) is 4.44. The molecule has 12 heavy (non-hydrogen) atoms. The Morgan fingerprint density at radius 3 is 2.25 bits per heavy atom. The highest BCUT2D eigenvalue weighted by Crippen LogP contribution is 2.03. The summed E-state index contributed by atoms with van der Waals surface area (Å²) in [5.41, 5.74) is 2.49. The van der Waals surface area contributed by atoms with E-state index in [-0.39, 0.29) is 0 Å². The fourth-order valence-corrected chi connectivity index (χ4v) is 1.01. The van der Waals surface area contributed by atoms with Crippen molar-refractivity contribution in [3.05, 3.63) is 35.4 Å². The monoisotopic (exact) mass is 158 g/mol. The van der Waals surface area contributed by atoms with Gasteiger partial charge in [-0.2, -0.15) is 0 Å². The largest absolute Gasteiger partial charge is 0.0982 e. The van der Waals surface area contributed by atoms with Crippen LogP contribution in [0.2, 0.25) is 0 Å². The summed E-state index contributed by atoms with van der Waals surface area (Å²) < 4.78 is 0. The summed E-state index contributed by atoms with van der Waals surface area (Å²) in [6.45, 7) is 4.22. The molecule has 0 heteroatoms. The Labute approximate surface area is 74.6 Å². The molecule has 1 aromatic rings. The van der Waals surface area contributed by atoms with Gasteiger partial charge >= 0.3 is 0 Å². The van der Waals surface area contributed by atoms with E-state index in [1.807, 2.05) is 0 Å². The average Bonchev–Trinajstić information content (AvgIpc) is 2.15. The van der Waals surface area contributed by atoms with Crippen molar-refractivity contribution in [2.75, 3.05) is 0 Å². The van der Waals surface area contributed by atoms with Crippen molar-refractivity contribution in [2.24, 2.45) is 0 Å². The first-order valence-corrected chi connectivity index (χ1v) is 4.44. The summed E-state index contributed by atoms with van der Waals surface area (Å²) in [6.07, 6.45) is 2.02. The number of hydrogen-bond donors (Lipinski definition) is 0. The van der Waals surface area contributed by atoms with Crippen molar-refractivity contribution < 1.29 is 0 Å². The lowest BCUT2D eigenvalue weighted by Gasteiger charge is -1.94. The van der Waals surface area contributed by atoms with Crippen LogP contribution in [0.1, 0.15) is 31.4 Å². The molecular weight excluding hydrogens is 144 g/mol. The van der Waals surface area contributed by atoms with Crippen LogP contribution in [0.5, 0.6) is 0 Å². The smallest absolute Gasteiger partial charge is 0.0245 e. The van der Waals surface area contributed by atoms with E-state index in [0.29, 0.717) is 0 Å². The molecule has 0 amide bonds. The van der Waals surface area contributed by atoms with Crippen LogP contribution in [0.4, 0.5) is 0 Å². The van der Waals surface area contributed by atoms with Crippen LogP contribution in [-0.2, 0) is 6.42 Å². The Morgan fingerprint density at radius 2 is 1.75 bits per heavy atom. The standard InChI is InChI=1S/C12H14/c1-3-5-6-12-9-7-11(4-2)8-10-12/h7-10H,3-4H2,1-2H3. The van der Waals surface area contributed by atoms with E-state index in [4.69, 9.17) is 0 Å². The van der Waals surface area contributed by atoms with Crippen LogP contribution in [-0.4, -0.2) is 0 Å². The van der Waals surface area contributed by atoms with Gasteiger partial charge in [-0.3, -0.25) is 0 Å². The summed E-state index contributed by atoms with van der Waals surface area (Å²) in [6, 6.07) is 8.45. The number of rotatable bonds is 1. The summed E-state index contributed by atoms with van der Waals surface area (Å²) in [5, 5.41) is 0. The molecule has 0 atom stereocenters. The van der Waals surface area contributed by atoms with Crippen LogP contribution in [0, 0.1) is 11.8 Å². The predicted molar refractivity (Wildman–Crippen MR) is 53.0 cm³/mol. The van der Waals surface area contributed by atoms with Crippen molar-refractivity contribution in [2.45, 2.75) is 26.7 Å². The minimum absolute atomic E-state index is 0.926. The van der Waals surface area contributed by atoms with E-state index in [1.165, 1.54) is 5.56 Å². The van der Waals surface area contributed by atoms with Gasteiger partial charge in [0.2, 0.25) is 0 Å². The van der Waals surface area contributed by atoms with Gasteiger partial charge < -0.3 is 0 Å². The van der Waals surface area contributed by atoms with E-state index in [2.05, 4.69) is 50.0 Å². The highest BCUT2D eigenvalue weighted by atomic mass is 13.9. The summed E-state index contributed by atoms with van der Waals surface area (Å²) in [4.78, 5) is 0. The Bertz CT molecular complexity index is 282. The van der Waals surface area contributed by atoms with Gasteiger partial charge in [-0.05, 0) is 24.1 Å². The molecule has 0 unspecified atom stereocenters. The molecule has 0 fully saturated rings. The molecule has 0 bridgehead atoms. The van der Waals surface area contributed by atoms with Crippen molar-refractivity contribution in [1.82, 2.24) is 0 Å². The highest BCUT2D eigenvalue weighted by Gasteiger charge is 1.87. The first-order chi connectivity index (χ1) is 5.86. The minimum atomic E-state index is 0.926. The molecule has 1 aromatic carbocycles. The van der Waals surface area contributed by atoms with Gasteiger partial charge in [0.1, 0.15) is 0 Å². The Kier molecular flexibility index (Phi) is 3.41. The van der Waals surface area contributed by atoms with Gasteiger partial charge in [-0.15, -0.1) is 0 Å². The van der Waals surface area contributed by atoms with Crippen LogP contribution >= 0.6 is 0 Å². The van der Waals surface area contributed by atoms with Gasteiger partial charge in [0, 0.05) is 12.0 Å². The molecule has 0 N–H and O–H groups in total. The van der Waals surface area contributed by atoms with Crippen LogP contribution in [0.25, 0.3) is 0 Å². The van der Waals surface area contributed by atoms with Crippen LogP contribution < -0.4 is 0 Å². The number of benzene rings is 1. The number of aryl methyl sites for hydroxylation is 1. The second kappa shape index (κ2) is 4.62. The lowest BCUT2D eigenvalue weighted by Crippen LogP contribution is -1.79. The zero-order valence-corrected chi connectivity index (χ0v) is 7.72. The third-order valence-corrected chi connectivity index (χ3v) is 1.77. The summed E-state index contributed by atoms with van der Waals surface area (Å²) in [7, 11) is 0. The third-order valence-electron chi connectivity index (χ3n) is 1.77. The van der Waals surface area contributed by atoms with Gasteiger partial charge in [-0.1, -0.05) is 37.8 Å². The molecule has 0 aliphatic carbocycles. The average molecular weight is 158 g/mol. The SMILES string of the molecule is CCC#Cc1ccc(CC)cc1. The normalized spacial score (nSPS) is 8.83. The van der Waals surface area contributed by atoms with Gasteiger partial charge in [-0.25, -0.2) is 0 Å². The van der Waals surface area contributed by atoms with Crippen molar-refractivity contribution >= 4 is 0 Å². The Morgan fingerprint density at radius 1 is 1.08 bits per heavy atom. The third kappa shape index (κ3) is 2.43. The lowest BCUT2D eigenvalue weighted by atomic mass is 10.1. The van der Waals surface area contributed by atoms with E-state index in [9.17, 15) is 0 Å². The van der Waals surface area contributed by atoms with Gasteiger partial charge in [0.25, 0.3) is 0 Å². The molecule has 0 heterocycles. The molecule has 0 aliphatic rings. The topological polar surface area (TPSA) is 0 Å². The van der Waals surface area contributed by atoms with Crippen LogP contribution in [0.15, 0.2) is 24.3 Å². The minimum Gasteiger partial charge on any atom is -0.0982 e. The maximum Gasteiger partial charge on any atom is 0.0245 e. The molecule has 0 aromatic heterocycles. The van der Waals surface area contributed by atoms with Crippen molar-refractivity contribution in [3.63, 3.8) is 0 Å². The Balaban J connectivity index is 2.78. The summed E-state index contributed by atoms with van der Waals surface area (Å²) >= 11 is 0. The lowest BCUT2D eigenvalue weighted by molar-refractivity contribution is 1.14. The molecular formula is C12H14. The van der Waals surface area contributed by atoms with E-state index in [1.54, 1.807) is 0 Å². The molecule has 0 radical (unpaired) electrons. The van der Waals surface area contributed by atoms with Crippen molar-refractivity contribution in [1.29, 1.82) is 0 Å². The molecule has 1 rings (SSSR count). The molecule has 0 aliphatic heterocycles. The Hall–Kier alpha value is -1.22. The predicted octanol–water partition coefficient (Wildman–Crippen LogP) is 3.01. The summed E-state index contributed by atoms with van der Waals surface area (Å²) in [5.74, 6) is 6.15. The second-order valence-corrected chi connectivity index (χ2v) is 2.71. The number of hydrogen-bond acceptors (Lipinski definition) is 0. The first kappa shape index (κ1) is 8.87. The molecule has 62 valence electrons. The molecule has 0 nitrogen and oxygen atoms in total. The zero-order valence-electron chi connectivity index (χ0n) is 7.72. The zero-order chi connectivity index (χ0) is 8.81. The highest BCUT2D eigenvalue weighted by molar-refractivity contribution is 5.35. The quantitative estimate of drug-likeness (QED) is 0.551. The second-order valence-electron chi connectivity index (χ2n) is 2.71. The molecule has 0 spiro atoms. The fourth-order valence-electron chi connectivity index (χ4n) is 1.01. The molecule has 0 saturated heterocycles. The van der Waals surface area contributed by atoms with Gasteiger partial charge in [0.05, 0.1) is 0 Å². The van der Waals surface area contributed by atoms with Crippen molar-refractivity contribution in [3.8, 4) is 11.8 Å². The van der Waals surface area contributed by atoms with E-state index >= 15 is 0 Å². The molecule has 0 saturated carbocycles. The van der Waals surface area contributed by atoms with E-state index < -0.39 is 0 Å². The maximum absolute atomic E-state index is 3.10. The van der Waals surface area contributed by atoms with Crippen LogP contribution in [0.3, 0.4) is 0 Å². The van der Waals surface area contributed by atoms with Gasteiger partial charge in [0.15, 0.2) is 0 Å². The fraction of sp³-hybridized carbons (Fsp3) is 0.333.